The molecule has 0 saturated heterocycles. The highest BCUT2D eigenvalue weighted by molar-refractivity contribution is 5.93. The Morgan fingerprint density at radius 1 is 1.05 bits per heavy atom. The van der Waals surface area contributed by atoms with E-state index in [0.29, 0.717) is 5.70 Å². The molecule has 0 bridgehead atoms. The van der Waals surface area contributed by atoms with Gasteiger partial charge < -0.3 is 10.4 Å². The third-order valence-corrected chi connectivity index (χ3v) is 2.76. The van der Waals surface area contributed by atoms with Gasteiger partial charge in [0.1, 0.15) is 0 Å². The van der Waals surface area contributed by atoms with E-state index in [2.05, 4.69) is 5.32 Å². The topological polar surface area (TPSA) is 49.3 Å². The average molecular weight is 253 g/mol. The molecule has 0 aromatic heterocycles. The number of carbonyl (C=O) groups is 1. The highest BCUT2D eigenvalue weighted by Crippen LogP contribution is 2.21. The van der Waals surface area contributed by atoms with Crippen LogP contribution in [0.5, 0.6) is 0 Å². The fourth-order valence-electron chi connectivity index (χ4n) is 1.86. The smallest absolute Gasteiger partial charge is 0.330 e. The van der Waals surface area contributed by atoms with E-state index in [-0.39, 0.29) is 0 Å². The molecular formula is C16H15NO2. The zero-order chi connectivity index (χ0) is 13.7. The molecule has 0 unspecified atom stereocenters. The summed E-state index contributed by atoms with van der Waals surface area (Å²) in [6.07, 6.45) is 1.19. The van der Waals surface area contributed by atoms with Crippen molar-refractivity contribution in [1.82, 2.24) is 0 Å². The Morgan fingerprint density at radius 3 is 2.32 bits per heavy atom. The zero-order valence-electron chi connectivity index (χ0n) is 10.6. The van der Waals surface area contributed by atoms with Gasteiger partial charge in [-0.3, -0.25) is 0 Å². The third-order valence-electron chi connectivity index (χ3n) is 2.76. The summed E-state index contributed by atoms with van der Waals surface area (Å²) in [5.41, 5.74) is 3.35. The molecule has 0 aliphatic heterocycles. The molecule has 0 radical (unpaired) electrons. The zero-order valence-corrected chi connectivity index (χ0v) is 10.6. The molecule has 2 N–H and O–H groups in total. The first-order valence-electron chi connectivity index (χ1n) is 5.99. The van der Waals surface area contributed by atoms with Gasteiger partial charge in [0.15, 0.2) is 0 Å². The summed E-state index contributed by atoms with van der Waals surface area (Å²) in [5.74, 6) is -0.971. The quantitative estimate of drug-likeness (QED) is 0.819. The maximum atomic E-state index is 11.0. The lowest BCUT2D eigenvalue weighted by Crippen LogP contribution is -2.03. The monoisotopic (exact) mass is 253 g/mol. The number of benzene rings is 2. The number of rotatable bonds is 4. The van der Waals surface area contributed by atoms with Crippen molar-refractivity contribution in [2.24, 2.45) is 0 Å². The molecule has 3 heteroatoms. The molecule has 0 spiro atoms. The van der Waals surface area contributed by atoms with Gasteiger partial charge in [0.25, 0.3) is 0 Å². The molecule has 0 atom stereocenters. The number of hydrogen-bond donors (Lipinski definition) is 2. The summed E-state index contributed by atoms with van der Waals surface area (Å²) < 4.78 is 0. The summed E-state index contributed by atoms with van der Waals surface area (Å²) in [6, 6.07) is 17.2. The predicted molar refractivity (Wildman–Crippen MR) is 76.9 cm³/mol. The van der Waals surface area contributed by atoms with E-state index in [1.54, 1.807) is 0 Å². The first-order valence-corrected chi connectivity index (χ1v) is 5.99. The van der Waals surface area contributed by atoms with Crippen molar-refractivity contribution in [3.63, 3.8) is 0 Å². The van der Waals surface area contributed by atoms with Crippen LogP contribution < -0.4 is 5.32 Å². The van der Waals surface area contributed by atoms with E-state index in [0.717, 1.165) is 16.8 Å². The van der Waals surface area contributed by atoms with Crippen LogP contribution in [0.15, 0.2) is 60.7 Å². The Bertz CT molecular complexity index is 603. The second-order valence-corrected chi connectivity index (χ2v) is 4.20. The number of aryl methyl sites for hydroxylation is 1. The SMILES string of the molecule is Cc1ccccc1/C(=C/C(=O)O)Nc1ccccc1. The van der Waals surface area contributed by atoms with E-state index in [4.69, 9.17) is 5.11 Å². The minimum atomic E-state index is -0.971. The summed E-state index contributed by atoms with van der Waals surface area (Å²) in [5, 5.41) is 12.1. The molecule has 0 fully saturated rings. The lowest BCUT2D eigenvalue weighted by atomic mass is 10.1. The highest BCUT2D eigenvalue weighted by Gasteiger charge is 2.07. The van der Waals surface area contributed by atoms with Gasteiger partial charge in [-0.05, 0) is 24.6 Å². The van der Waals surface area contributed by atoms with Gasteiger partial charge >= 0.3 is 5.97 Å². The van der Waals surface area contributed by atoms with Crippen molar-refractivity contribution < 1.29 is 9.90 Å². The van der Waals surface area contributed by atoms with Gasteiger partial charge in [-0.1, -0.05) is 42.5 Å². The molecule has 19 heavy (non-hydrogen) atoms. The molecule has 0 heterocycles. The van der Waals surface area contributed by atoms with Crippen LogP contribution >= 0.6 is 0 Å². The lowest BCUT2D eigenvalue weighted by molar-refractivity contribution is -0.131. The van der Waals surface area contributed by atoms with Gasteiger partial charge in [-0.2, -0.15) is 0 Å². The van der Waals surface area contributed by atoms with Gasteiger partial charge in [-0.25, -0.2) is 4.79 Å². The molecule has 0 aliphatic rings. The number of anilines is 1. The number of carboxylic acid groups (broad SMARTS) is 1. The van der Waals surface area contributed by atoms with Crippen LogP contribution in [0.2, 0.25) is 0 Å². The minimum absolute atomic E-state index is 0.580. The van der Waals surface area contributed by atoms with Gasteiger partial charge in [0.05, 0.1) is 5.70 Å². The Hall–Kier alpha value is -2.55. The van der Waals surface area contributed by atoms with Crippen LogP contribution in [0.25, 0.3) is 5.70 Å². The number of hydrogen-bond acceptors (Lipinski definition) is 2. The Kier molecular flexibility index (Phi) is 3.98. The number of nitrogens with one attached hydrogen (secondary N) is 1. The first kappa shape index (κ1) is 12.9. The standard InChI is InChI=1S/C16H15NO2/c1-12-7-5-6-10-14(12)15(11-16(18)19)17-13-8-3-2-4-9-13/h2-11,17H,1H3,(H,18,19)/b15-11-. The largest absolute Gasteiger partial charge is 0.478 e. The molecule has 2 aromatic rings. The van der Waals surface area contributed by atoms with Crippen LogP contribution in [0.1, 0.15) is 11.1 Å². The molecule has 96 valence electrons. The van der Waals surface area contributed by atoms with E-state index in [1.165, 1.54) is 6.08 Å². The normalized spacial score (nSPS) is 11.1. The van der Waals surface area contributed by atoms with Crippen molar-refractivity contribution in [3.05, 3.63) is 71.8 Å². The summed E-state index contributed by atoms with van der Waals surface area (Å²) in [4.78, 5) is 11.0. The fraction of sp³-hybridized carbons (Fsp3) is 0.0625. The second-order valence-electron chi connectivity index (χ2n) is 4.20. The van der Waals surface area contributed by atoms with Gasteiger partial charge in [-0.15, -0.1) is 0 Å². The predicted octanol–water partition coefficient (Wildman–Crippen LogP) is 3.53. The first-order chi connectivity index (χ1) is 9.16. The Balaban J connectivity index is 2.38. The van der Waals surface area contributed by atoms with Crippen molar-refractivity contribution >= 4 is 17.4 Å². The van der Waals surface area contributed by atoms with Crippen molar-refractivity contribution in [3.8, 4) is 0 Å². The minimum Gasteiger partial charge on any atom is -0.478 e. The summed E-state index contributed by atoms with van der Waals surface area (Å²) >= 11 is 0. The van der Waals surface area contributed by atoms with E-state index >= 15 is 0 Å². The maximum Gasteiger partial charge on any atom is 0.330 e. The van der Waals surface area contributed by atoms with Crippen molar-refractivity contribution in [2.45, 2.75) is 6.92 Å². The van der Waals surface area contributed by atoms with E-state index in [9.17, 15) is 4.79 Å². The lowest BCUT2D eigenvalue weighted by Gasteiger charge is -2.13. The fourth-order valence-corrected chi connectivity index (χ4v) is 1.86. The molecule has 0 saturated carbocycles. The van der Waals surface area contributed by atoms with Crippen LogP contribution in [-0.2, 0) is 4.79 Å². The Morgan fingerprint density at radius 2 is 1.68 bits per heavy atom. The van der Waals surface area contributed by atoms with E-state index in [1.807, 2.05) is 61.5 Å². The average Bonchev–Trinajstić information content (AvgIpc) is 2.39. The molecule has 0 amide bonds. The number of carboxylic acids is 1. The van der Waals surface area contributed by atoms with Crippen LogP contribution in [0, 0.1) is 6.92 Å². The van der Waals surface area contributed by atoms with Crippen LogP contribution in [0.4, 0.5) is 5.69 Å². The maximum absolute atomic E-state index is 11.0. The summed E-state index contributed by atoms with van der Waals surface area (Å²) in [7, 11) is 0. The van der Waals surface area contributed by atoms with Crippen LogP contribution in [-0.4, -0.2) is 11.1 Å². The highest BCUT2D eigenvalue weighted by atomic mass is 16.4. The third kappa shape index (κ3) is 3.45. The molecular weight excluding hydrogens is 238 g/mol. The van der Waals surface area contributed by atoms with Gasteiger partial charge in [0.2, 0.25) is 0 Å². The Labute approximate surface area is 112 Å². The summed E-state index contributed by atoms with van der Waals surface area (Å²) in [6.45, 7) is 1.96. The van der Waals surface area contributed by atoms with Crippen molar-refractivity contribution in [1.29, 1.82) is 0 Å². The molecule has 3 nitrogen and oxygen atoms in total. The number of aliphatic carboxylic acids is 1. The van der Waals surface area contributed by atoms with E-state index < -0.39 is 5.97 Å². The van der Waals surface area contributed by atoms with Gasteiger partial charge in [0, 0.05) is 17.3 Å². The van der Waals surface area contributed by atoms with Crippen LogP contribution in [0.3, 0.4) is 0 Å². The molecule has 0 aliphatic carbocycles. The second kappa shape index (κ2) is 5.87. The molecule has 2 rings (SSSR count). The van der Waals surface area contributed by atoms with Crippen molar-refractivity contribution in [2.75, 3.05) is 5.32 Å². The number of para-hydroxylation sites is 1. The molecule has 2 aromatic carbocycles.